The summed E-state index contributed by atoms with van der Waals surface area (Å²) in [6, 6.07) is 6.74. The molecule has 3 fully saturated rings. The number of pyridine rings is 1. The van der Waals surface area contributed by atoms with Gasteiger partial charge in [0.1, 0.15) is 0 Å². The summed E-state index contributed by atoms with van der Waals surface area (Å²) < 4.78 is 12.1. The van der Waals surface area contributed by atoms with E-state index in [4.69, 9.17) is 9.47 Å². The standard InChI is InChI=1S/C18H26N2O2/c1-2-9-19-15(3-1)11-20-10-8-18-17(20)7-6-16(22-18)13-21-12-14-4-5-14/h1-3,9,14,16-18H,4-8,10-13H2/t16-,17-,18-/m0/s1. The van der Waals surface area contributed by atoms with Gasteiger partial charge >= 0.3 is 0 Å². The Kier molecular flexibility index (Phi) is 4.42. The van der Waals surface area contributed by atoms with Crippen LogP contribution in [0.4, 0.5) is 0 Å². The normalized spacial score (nSPS) is 32.1. The van der Waals surface area contributed by atoms with Crippen LogP contribution in [-0.4, -0.2) is 47.9 Å². The van der Waals surface area contributed by atoms with Crippen LogP contribution in [0.25, 0.3) is 0 Å². The minimum atomic E-state index is 0.315. The predicted octanol–water partition coefficient (Wildman–Crippen LogP) is 2.63. The molecule has 0 amide bonds. The zero-order valence-corrected chi connectivity index (χ0v) is 13.2. The summed E-state index contributed by atoms with van der Waals surface area (Å²) in [6.07, 6.45) is 8.82. The second-order valence-corrected chi connectivity index (χ2v) is 7.00. The second kappa shape index (κ2) is 6.65. The number of ether oxygens (including phenoxy) is 2. The minimum absolute atomic E-state index is 0.315. The minimum Gasteiger partial charge on any atom is -0.378 e. The quantitative estimate of drug-likeness (QED) is 0.809. The van der Waals surface area contributed by atoms with E-state index in [1.165, 1.54) is 19.3 Å². The van der Waals surface area contributed by atoms with Gasteiger partial charge in [-0.15, -0.1) is 0 Å². The molecule has 3 heterocycles. The fraction of sp³-hybridized carbons (Fsp3) is 0.722. The van der Waals surface area contributed by atoms with Crippen molar-refractivity contribution in [3.8, 4) is 0 Å². The number of fused-ring (bicyclic) bond motifs is 1. The molecular weight excluding hydrogens is 276 g/mol. The molecule has 0 N–H and O–H groups in total. The fourth-order valence-corrected chi connectivity index (χ4v) is 3.75. The van der Waals surface area contributed by atoms with Crippen molar-refractivity contribution in [1.29, 1.82) is 0 Å². The lowest BCUT2D eigenvalue weighted by Crippen LogP contribution is -2.43. The molecule has 120 valence electrons. The van der Waals surface area contributed by atoms with E-state index >= 15 is 0 Å². The van der Waals surface area contributed by atoms with Crippen LogP contribution in [-0.2, 0) is 16.0 Å². The number of hydrogen-bond donors (Lipinski definition) is 0. The maximum absolute atomic E-state index is 6.29. The van der Waals surface area contributed by atoms with Crippen molar-refractivity contribution in [3.05, 3.63) is 30.1 Å². The zero-order chi connectivity index (χ0) is 14.8. The third-order valence-electron chi connectivity index (χ3n) is 5.20. The van der Waals surface area contributed by atoms with Crippen LogP contribution in [0.15, 0.2) is 24.4 Å². The monoisotopic (exact) mass is 302 g/mol. The van der Waals surface area contributed by atoms with Crippen LogP contribution in [0, 0.1) is 5.92 Å². The highest BCUT2D eigenvalue weighted by Crippen LogP contribution is 2.33. The summed E-state index contributed by atoms with van der Waals surface area (Å²) in [5.74, 6) is 0.844. The highest BCUT2D eigenvalue weighted by molar-refractivity contribution is 5.05. The van der Waals surface area contributed by atoms with Crippen molar-refractivity contribution in [2.75, 3.05) is 19.8 Å². The highest BCUT2D eigenvalue weighted by atomic mass is 16.5. The molecule has 0 aromatic carbocycles. The molecule has 2 aliphatic heterocycles. The van der Waals surface area contributed by atoms with Crippen molar-refractivity contribution in [3.63, 3.8) is 0 Å². The maximum Gasteiger partial charge on any atom is 0.0813 e. The first-order valence-corrected chi connectivity index (χ1v) is 8.75. The van der Waals surface area contributed by atoms with E-state index in [-0.39, 0.29) is 0 Å². The van der Waals surface area contributed by atoms with Gasteiger partial charge < -0.3 is 9.47 Å². The van der Waals surface area contributed by atoms with Crippen LogP contribution in [0.3, 0.4) is 0 Å². The van der Waals surface area contributed by atoms with E-state index < -0.39 is 0 Å². The van der Waals surface area contributed by atoms with E-state index in [1.807, 2.05) is 12.3 Å². The summed E-state index contributed by atoms with van der Waals surface area (Å²) >= 11 is 0. The van der Waals surface area contributed by atoms with Crippen molar-refractivity contribution < 1.29 is 9.47 Å². The van der Waals surface area contributed by atoms with Crippen LogP contribution in [0.2, 0.25) is 0 Å². The first-order valence-electron chi connectivity index (χ1n) is 8.75. The molecule has 22 heavy (non-hydrogen) atoms. The summed E-state index contributed by atoms with van der Waals surface area (Å²) in [4.78, 5) is 7.01. The molecule has 2 saturated heterocycles. The number of likely N-dealkylation sites (tertiary alicyclic amines) is 1. The predicted molar refractivity (Wildman–Crippen MR) is 84.5 cm³/mol. The van der Waals surface area contributed by atoms with E-state index in [0.29, 0.717) is 18.2 Å². The Bertz CT molecular complexity index is 477. The highest BCUT2D eigenvalue weighted by Gasteiger charge is 2.39. The van der Waals surface area contributed by atoms with E-state index in [0.717, 1.165) is 50.8 Å². The Hall–Kier alpha value is -0.970. The summed E-state index contributed by atoms with van der Waals surface area (Å²) in [5.41, 5.74) is 1.16. The lowest BCUT2D eigenvalue weighted by atomic mass is 9.99. The zero-order valence-electron chi connectivity index (χ0n) is 13.2. The van der Waals surface area contributed by atoms with Crippen molar-refractivity contribution in [2.24, 2.45) is 5.92 Å². The molecule has 4 rings (SSSR count). The molecule has 0 unspecified atom stereocenters. The smallest absolute Gasteiger partial charge is 0.0813 e. The largest absolute Gasteiger partial charge is 0.378 e. The lowest BCUT2D eigenvalue weighted by molar-refractivity contribution is -0.101. The Morgan fingerprint density at radius 2 is 2.09 bits per heavy atom. The van der Waals surface area contributed by atoms with Gasteiger partial charge in [-0.3, -0.25) is 9.88 Å². The topological polar surface area (TPSA) is 34.6 Å². The number of aromatic nitrogens is 1. The fourth-order valence-electron chi connectivity index (χ4n) is 3.75. The summed E-state index contributed by atoms with van der Waals surface area (Å²) in [7, 11) is 0. The SMILES string of the molecule is c1ccc(CN2CC[C@@H]3O[C@H](COCC4CC4)CC[C@@H]32)nc1. The van der Waals surface area contributed by atoms with Crippen molar-refractivity contribution in [2.45, 2.75) is 56.9 Å². The van der Waals surface area contributed by atoms with Gasteiger partial charge in [0, 0.05) is 31.9 Å². The maximum atomic E-state index is 6.29. The second-order valence-electron chi connectivity index (χ2n) is 7.00. The first-order chi connectivity index (χ1) is 10.9. The average Bonchev–Trinajstić information content (AvgIpc) is 3.29. The Labute approximate surface area is 132 Å². The molecule has 1 saturated carbocycles. The van der Waals surface area contributed by atoms with Crippen LogP contribution < -0.4 is 0 Å². The van der Waals surface area contributed by atoms with Gasteiger partial charge in [-0.1, -0.05) is 6.07 Å². The van der Waals surface area contributed by atoms with Gasteiger partial charge in [0.25, 0.3) is 0 Å². The Morgan fingerprint density at radius 3 is 2.91 bits per heavy atom. The van der Waals surface area contributed by atoms with Crippen LogP contribution in [0.1, 0.15) is 37.8 Å². The number of hydrogen-bond acceptors (Lipinski definition) is 4. The lowest BCUT2D eigenvalue weighted by Gasteiger charge is -2.35. The van der Waals surface area contributed by atoms with Gasteiger partial charge in [0.05, 0.1) is 24.5 Å². The van der Waals surface area contributed by atoms with Gasteiger partial charge in [0.2, 0.25) is 0 Å². The van der Waals surface area contributed by atoms with Gasteiger partial charge in [0.15, 0.2) is 0 Å². The van der Waals surface area contributed by atoms with Gasteiger partial charge in [-0.05, 0) is 50.2 Å². The molecule has 1 aromatic heterocycles. The van der Waals surface area contributed by atoms with E-state index in [1.54, 1.807) is 0 Å². The van der Waals surface area contributed by atoms with Crippen LogP contribution >= 0.6 is 0 Å². The molecule has 4 heteroatoms. The van der Waals surface area contributed by atoms with E-state index in [2.05, 4.69) is 22.0 Å². The molecule has 0 radical (unpaired) electrons. The molecule has 0 spiro atoms. The molecule has 1 aliphatic carbocycles. The first kappa shape index (κ1) is 14.6. The number of nitrogens with zero attached hydrogens (tertiary/aromatic N) is 2. The van der Waals surface area contributed by atoms with Crippen molar-refractivity contribution >= 4 is 0 Å². The van der Waals surface area contributed by atoms with Gasteiger partial charge in [-0.25, -0.2) is 0 Å². The summed E-state index contributed by atoms with van der Waals surface area (Å²) in [6.45, 7) is 3.81. The third kappa shape index (κ3) is 3.50. The number of rotatable bonds is 6. The molecule has 3 atom stereocenters. The Balaban J connectivity index is 1.26. The molecule has 0 bridgehead atoms. The van der Waals surface area contributed by atoms with Crippen molar-refractivity contribution in [1.82, 2.24) is 9.88 Å². The summed E-state index contributed by atoms with van der Waals surface area (Å²) in [5, 5.41) is 0. The molecule has 1 aromatic rings. The molecule has 4 nitrogen and oxygen atoms in total. The van der Waals surface area contributed by atoms with Gasteiger partial charge in [-0.2, -0.15) is 0 Å². The van der Waals surface area contributed by atoms with E-state index in [9.17, 15) is 0 Å². The Morgan fingerprint density at radius 1 is 1.14 bits per heavy atom. The van der Waals surface area contributed by atoms with Crippen LogP contribution in [0.5, 0.6) is 0 Å². The molecular formula is C18H26N2O2. The molecule has 3 aliphatic rings. The third-order valence-corrected chi connectivity index (χ3v) is 5.20. The average molecular weight is 302 g/mol.